The Morgan fingerprint density at radius 2 is 2.11 bits per heavy atom. The lowest BCUT2D eigenvalue weighted by Gasteiger charge is -2.39. The smallest absolute Gasteiger partial charge is 0.318 e. The van der Waals surface area contributed by atoms with Crippen molar-refractivity contribution < 1.29 is 14.4 Å². The van der Waals surface area contributed by atoms with Crippen LogP contribution in [0.1, 0.15) is 39.4 Å². The number of aryl methyl sites for hydroxylation is 1. The molecule has 9 nitrogen and oxygen atoms in total. The maximum absolute atomic E-state index is 12.9. The maximum Gasteiger partial charge on any atom is 0.318 e. The van der Waals surface area contributed by atoms with E-state index in [0.717, 1.165) is 5.82 Å². The average Bonchev–Trinajstić information content (AvgIpc) is 3.22. The minimum atomic E-state index is -0.271. The number of amides is 4. The van der Waals surface area contributed by atoms with Crippen LogP contribution in [0.25, 0.3) is 0 Å². The Bertz CT molecular complexity index is 746. The fourth-order valence-corrected chi connectivity index (χ4v) is 4.26. The second-order valence-corrected chi connectivity index (χ2v) is 7.93. The zero-order chi connectivity index (χ0) is 20.4. The van der Waals surface area contributed by atoms with Gasteiger partial charge in [-0.1, -0.05) is 6.92 Å². The molecule has 2 N–H and O–H groups in total. The molecule has 4 amide bonds. The number of urea groups is 1. The Hall–Kier alpha value is -2.58. The quantitative estimate of drug-likeness (QED) is 0.763. The molecule has 3 atom stereocenters. The number of carbonyl (C=O) groups excluding carboxylic acids is 3. The normalized spacial score (nSPS) is 24.5. The molecule has 2 fully saturated rings. The van der Waals surface area contributed by atoms with Gasteiger partial charge in [-0.15, -0.1) is 0 Å². The second kappa shape index (κ2) is 8.20. The van der Waals surface area contributed by atoms with Gasteiger partial charge >= 0.3 is 6.03 Å². The molecule has 2 aliphatic heterocycles. The first-order valence-corrected chi connectivity index (χ1v) is 9.92. The van der Waals surface area contributed by atoms with Gasteiger partial charge in [0.25, 0.3) is 0 Å². The molecule has 1 aromatic heterocycles. The lowest BCUT2D eigenvalue weighted by molar-refractivity contribution is -0.139. The molecule has 0 bridgehead atoms. The highest BCUT2D eigenvalue weighted by Crippen LogP contribution is 2.35. The van der Waals surface area contributed by atoms with Crippen molar-refractivity contribution in [3.05, 3.63) is 18.2 Å². The minimum Gasteiger partial charge on any atom is -0.349 e. The molecule has 28 heavy (non-hydrogen) atoms. The van der Waals surface area contributed by atoms with Crippen molar-refractivity contribution in [2.45, 2.75) is 58.3 Å². The summed E-state index contributed by atoms with van der Waals surface area (Å²) in [5.41, 5.74) is 0. The molecule has 2 saturated heterocycles. The van der Waals surface area contributed by atoms with E-state index < -0.39 is 0 Å². The number of nitrogens with one attached hydrogen (secondary N) is 2. The summed E-state index contributed by atoms with van der Waals surface area (Å²) in [7, 11) is 1.88. The first kappa shape index (κ1) is 20.2. The highest BCUT2D eigenvalue weighted by molar-refractivity contribution is 5.88. The highest BCUT2D eigenvalue weighted by Gasteiger charge is 2.49. The predicted molar refractivity (Wildman–Crippen MR) is 103 cm³/mol. The molecule has 9 heteroatoms. The molecule has 154 valence electrons. The number of hydrogen-bond acceptors (Lipinski definition) is 4. The number of hydrogen-bond donors (Lipinski definition) is 2. The lowest BCUT2D eigenvalue weighted by Crippen LogP contribution is -2.59. The monoisotopic (exact) mass is 390 g/mol. The molecule has 0 aliphatic carbocycles. The minimum absolute atomic E-state index is 0.0113. The van der Waals surface area contributed by atoms with Crippen LogP contribution < -0.4 is 10.6 Å². The molecule has 1 aromatic rings. The van der Waals surface area contributed by atoms with Crippen LogP contribution in [0.3, 0.4) is 0 Å². The van der Waals surface area contributed by atoms with Crippen molar-refractivity contribution in [2.24, 2.45) is 13.0 Å². The molecule has 0 saturated carbocycles. The van der Waals surface area contributed by atoms with Gasteiger partial charge in [-0.2, -0.15) is 0 Å². The van der Waals surface area contributed by atoms with Crippen LogP contribution >= 0.6 is 0 Å². The fraction of sp³-hybridized carbons (Fsp3) is 0.684. The van der Waals surface area contributed by atoms with Gasteiger partial charge in [0.2, 0.25) is 11.8 Å². The van der Waals surface area contributed by atoms with Gasteiger partial charge in [-0.25, -0.2) is 9.78 Å². The van der Waals surface area contributed by atoms with Gasteiger partial charge in [0.15, 0.2) is 0 Å². The van der Waals surface area contributed by atoms with E-state index in [1.54, 1.807) is 11.1 Å². The number of nitrogens with zero attached hydrogens (tertiary/aromatic N) is 4. The van der Waals surface area contributed by atoms with Crippen molar-refractivity contribution in [3.63, 3.8) is 0 Å². The predicted octanol–water partition coefficient (Wildman–Crippen LogP) is 0.466. The van der Waals surface area contributed by atoms with E-state index in [9.17, 15) is 14.4 Å². The number of carbonyl (C=O) groups is 3. The largest absolute Gasteiger partial charge is 0.349 e. The Labute approximate surface area is 165 Å². The second-order valence-electron chi connectivity index (χ2n) is 7.93. The molecule has 2 aliphatic rings. The fourth-order valence-electron chi connectivity index (χ4n) is 4.26. The van der Waals surface area contributed by atoms with E-state index in [2.05, 4.69) is 15.6 Å². The molecule has 3 heterocycles. The van der Waals surface area contributed by atoms with Crippen LogP contribution in [0, 0.1) is 5.92 Å². The number of rotatable bonds is 5. The van der Waals surface area contributed by atoms with Crippen LogP contribution in [0.4, 0.5) is 4.79 Å². The molecule has 3 rings (SSSR count). The summed E-state index contributed by atoms with van der Waals surface area (Å²) in [6.45, 7) is 6.66. The van der Waals surface area contributed by atoms with E-state index in [4.69, 9.17) is 0 Å². The van der Waals surface area contributed by atoms with Crippen LogP contribution in [-0.4, -0.2) is 68.4 Å². The maximum atomic E-state index is 12.9. The van der Waals surface area contributed by atoms with Crippen LogP contribution in [0.2, 0.25) is 0 Å². The van der Waals surface area contributed by atoms with Gasteiger partial charge in [-0.05, 0) is 26.7 Å². The highest BCUT2D eigenvalue weighted by atomic mass is 16.2. The first-order valence-electron chi connectivity index (χ1n) is 9.92. The van der Waals surface area contributed by atoms with E-state index in [-0.39, 0.29) is 48.4 Å². The number of fused-ring (bicyclic) bond motifs is 1. The Morgan fingerprint density at radius 3 is 2.71 bits per heavy atom. The van der Waals surface area contributed by atoms with Crippen molar-refractivity contribution in [1.82, 2.24) is 30.0 Å². The molecular formula is C19H30N6O3. The Kier molecular flexibility index (Phi) is 5.90. The van der Waals surface area contributed by atoms with Crippen molar-refractivity contribution >= 4 is 17.8 Å². The summed E-state index contributed by atoms with van der Waals surface area (Å²) >= 11 is 0. The van der Waals surface area contributed by atoms with Crippen molar-refractivity contribution in [1.29, 1.82) is 0 Å². The summed E-state index contributed by atoms with van der Waals surface area (Å²) in [5, 5.41) is 5.80. The van der Waals surface area contributed by atoms with Crippen LogP contribution in [0.5, 0.6) is 0 Å². The third-order valence-corrected chi connectivity index (χ3v) is 5.58. The summed E-state index contributed by atoms with van der Waals surface area (Å²) < 4.78 is 1.87. The van der Waals surface area contributed by atoms with E-state index in [1.807, 2.05) is 43.5 Å². The van der Waals surface area contributed by atoms with Gasteiger partial charge in [0.1, 0.15) is 12.4 Å². The van der Waals surface area contributed by atoms with Crippen LogP contribution in [0.15, 0.2) is 12.4 Å². The summed E-state index contributed by atoms with van der Waals surface area (Å²) in [6, 6.07) is -0.460. The zero-order valence-corrected chi connectivity index (χ0v) is 17.0. The van der Waals surface area contributed by atoms with E-state index in [1.165, 1.54) is 0 Å². The average molecular weight is 390 g/mol. The van der Waals surface area contributed by atoms with E-state index in [0.29, 0.717) is 25.9 Å². The molecule has 0 unspecified atom stereocenters. The number of aromatic nitrogens is 2. The SMILES string of the molecule is CC[C@H]1[C@@H](C(=O)NCc2nccn2C)C[C@H]2CN(C(=O)NC(C)C)CC(=O)N21. The first-order chi connectivity index (χ1) is 13.3. The van der Waals surface area contributed by atoms with Crippen molar-refractivity contribution in [3.8, 4) is 0 Å². The number of piperazine rings is 1. The van der Waals surface area contributed by atoms with E-state index >= 15 is 0 Å². The van der Waals surface area contributed by atoms with Gasteiger partial charge < -0.3 is 25.0 Å². The van der Waals surface area contributed by atoms with Gasteiger partial charge in [-0.3, -0.25) is 9.59 Å². The topological polar surface area (TPSA) is 99.6 Å². The molecular weight excluding hydrogens is 360 g/mol. The summed E-state index contributed by atoms with van der Waals surface area (Å²) in [4.78, 5) is 45.6. The Morgan fingerprint density at radius 1 is 1.36 bits per heavy atom. The van der Waals surface area contributed by atoms with Gasteiger partial charge in [0, 0.05) is 38.1 Å². The molecule has 0 aromatic carbocycles. The third kappa shape index (κ3) is 3.98. The Balaban J connectivity index is 1.67. The standard InChI is InChI=1S/C19H30N6O3/c1-5-15-14(18(27)21-9-16-20-6-7-23(16)4)8-13-10-24(11-17(26)25(13)15)19(28)22-12(2)3/h6-7,12-15H,5,8-11H2,1-4H3,(H,21,27)(H,22,28)/t13-,14-,15-/m0/s1. The molecule has 0 radical (unpaired) electrons. The zero-order valence-electron chi connectivity index (χ0n) is 17.0. The van der Waals surface area contributed by atoms with Gasteiger partial charge in [0.05, 0.1) is 18.5 Å². The van der Waals surface area contributed by atoms with Crippen molar-refractivity contribution in [2.75, 3.05) is 13.1 Å². The van der Waals surface area contributed by atoms with Crippen LogP contribution in [-0.2, 0) is 23.2 Å². The number of imidazole rings is 1. The summed E-state index contributed by atoms with van der Waals surface area (Å²) in [6.07, 6.45) is 4.81. The lowest BCUT2D eigenvalue weighted by atomic mass is 9.96. The third-order valence-electron chi connectivity index (χ3n) is 5.58. The summed E-state index contributed by atoms with van der Waals surface area (Å²) in [5.74, 6) is 0.369. The molecule has 0 spiro atoms.